The summed E-state index contributed by atoms with van der Waals surface area (Å²) in [7, 11) is 0. The zero-order valence-electron chi connectivity index (χ0n) is 11.9. The minimum absolute atomic E-state index is 0.141. The second-order valence-corrected chi connectivity index (χ2v) is 5.10. The highest BCUT2D eigenvalue weighted by Gasteiger charge is 2.35. The molecule has 2 amide bonds. The van der Waals surface area contributed by atoms with E-state index in [-0.39, 0.29) is 5.69 Å². The number of halogens is 1. The average molecular weight is 320 g/mol. The van der Waals surface area contributed by atoms with Crippen molar-refractivity contribution in [3.8, 4) is 5.69 Å². The molecule has 1 unspecified atom stereocenters. The van der Waals surface area contributed by atoms with Gasteiger partial charge in [0, 0.05) is 6.54 Å². The normalized spacial score (nSPS) is 17.4. The number of rotatable bonds is 2. The summed E-state index contributed by atoms with van der Waals surface area (Å²) >= 11 is 0. The second-order valence-electron chi connectivity index (χ2n) is 5.10. The molecule has 2 heterocycles. The summed E-state index contributed by atoms with van der Waals surface area (Å²) < 4.78 is 14.6. The number of nitrogens with zero attached hydrogens (tertiary/aromatic N) is 5. The van der Waals surface area contributed by atoms with E-state index >= 15 is 0 Å². The number of likely N-dealkylation sites (tertiary alicyclic amines) is 1. The fourth-order valence-electron chi connectivity index (χ4n) is 2.55. The van der Waals surface area contributed by atoms with Crippen LogP contribution in [0.25, 0.3) is 5.69 Å². The number of aromatic nitrogens is 4. The first-order valence-electron chi connectivity index (χ1n) is 6.90. The molecule has 1 atom stereocenters. The van der Waals surface area contributed by atoms with Crippen molar-refractivity contribution in [2.45, 2.75) is 18.9 Å². The van der Waals surface area contributed by atoms with Gasteiger partial charge >= 0.3 is 11.7 Å². The second kappa shape index (κ2) is 5.63. The molecule has 1 fully saturated rings. The van der Waals surface area contributed by atoms with Gasteiger partial charge in [-0.2, -0.15) is 4.68 Å². The molecule has 1 aliphatic rings. The van der Waals surface area contributed by atoms with Gasteiger partial charge in [-0.25, -0.2) is 14.0 Å². The number of primary amides is 1. The predicted octanol–water partition coefficient (Wildman–Crippen LogP) is -0.514. The number of nitrogens with two attached hydrogens (primary N) is 1. The number of tetrazole rings is 1. The van der Waals surface area contributed by atoms with Crippen molar-refractivity contribution in [3.63, 3.8) is 0 Å². The summed E-state index contributed by atoms with van der Waals surface area (Å²) in [5.74, 6) is -1.19. The van der Waals surface area contributed by atoms with E-state index in [2.05, 4.69) is 10.4 Å². The van der Waals surface area contributed by atoms with Gasteiger partial charge in [0.05, 0.1) is 5.69 Å². The van der Waals surface area contributed by atoms with Gasteiger partial charge in [-0.15, -0.1) is 4.68 Å². The van der Waals surface area contributed by atoms with Crippen LogP contribution in [-0.2, 0) is 4.79 Å². The van der Waals surface area contributed by atoms with E-state index in [9.17, 15) is 18.8 Å². The van der Waals surface area contributed by atoms with Crippen molar-refractivity contribution in [2.24, 2.45) is 5.73 Å². The summed E-state index contributed by atoms with van der Waals surface area (Å²) in [6.07, 6.45) is 1.04. The number of amides is 2. The zero-order valence-corrected chi connectivity index (χ0v) is 11.9. The number of carbonyl (C=O) groups is 2. The largest absolute Gasteiger partial charge is 0.377 e. The summed E-state index contributed by atoms with van der Waals surface area (Å²) in [5, 5.41) is 7.09. The Kier molecular flexibility index (Phi) is 3.64. The van der Waals surface area contributed by atoms with Crippen molar-refractivity contribution in [3.05, 3.63) is 40.6 Å². The lowest BCUT2D eigenvalue weighted by Gasteiger charge is -2.20. The van der Waals surface area contributed by atoms with Crippen LogP contribution in [0.15, 0.2) is 29.1 Å². The Hall–Kier alpha value is -3.04. The molecule has 10 heteroatoms. The van der Waals surface area contributed by atoms with Crippen LogP contribution in [-0.4, -0.2) is 49.2 Å². The van der Waals surface area contributed by atoms with Gasteiger partial charge in [0.15, 0.2) is 0 Å². The van der Waals surface area contributed by atoms with Crippen LogP contribution in [0.3, 0.4) is 0 Å². The van der Waals surface area contributed by atoms with Crippen molar-refractivity contribution >= 4 is 11.9 Å². The number of hydrogen-bond acceptors (Lipinski definition) is 5. The molecule has 120 valence electrons. The lowest BCUT2D eigenvalue weighted by Crippen LogP contribution is -2.48. The summed E-state index contributed by atoms with van der Waals surface area (Å²) in [4.78, 5) is 37.2. The van der Waals surface area contributed by atoms with Gasteiger partial charge in [-0.1, -0.05) is 6.07 Å². The van der Waals surface area contributed by atoms with Gasteiger partial charge in [0.2, 0.25) is 5.91 Å². The Balaban J connectivity index is 1.95. The molecule has 0 radical (unpaired) electrons. The highest BCUT2D eigenvalue weighted by molar-refractivity contribution is 5.86. The molecule has 23 heavy (non-hydrogen) atoms. The topological polar surface area (TPSA) is 116 Å². The standard InChI is InChI=1S/C13H13FN6O3/c14-8-3-1-4-9(7-8)19-13(23)20(17-16-19)12(22)18-6-2-5-10(18)11(15)21/h1,3-4,7,10H,2,5-6H2,(H2,15,21). The molecule has 2 N–H and O–H groups in total. The molecule has 0 aliphatic carbocycles. The number of hydrogen-bond donors (Lipinski definition) is 1. The lowest BCUT2D eigenvalue weighted by molar-refractivity contribution is -0.121. The van der Waals surface area contributed by atoms with Gasteiger partial charge in [-0.05, 0) is 41.5 Å². The SMILES string of the molecule is NC(=O)C1CCCN1C(=O)n1nnn(-c2cccc(F)c2)c1=O. The Morgan fingerprint density at radius 3 is 2.78 bits per heavy atom. The summed E-state index contributed by atoms with van der Waals surface area (Å²) in [5.41, 5.74) is 4.54. The van der Waals surface area contributed by atoms with Gasteiger partial charge in [-0.3, -0.25) is 4.79 Å². The molecule has 1 aliphatic heterocycles. The van der Waals surface area contributed by atoms with Gasteiger partial charge < -0.3 is 10.6 Å². The minimum Gasteiger partial charge on any atom is -0.368 e. The maximum absolute atomic E-state index is 13.2. The first kappa shape index (κ1) is 14.9. The quantitative estimate of drug-likeness (QED) is 0.748. The molecule has 0 saturated carbocycles. The molecular formula is C13H13FN6O3. The molecule has 0 spiro atoms. The maximum atomic E-state index is 13.2. The third kappa shape index (κ3) is 2.58. The van der Waals surface area contributed by atoms with Crippen molar-refractivity contribution in [1.29, 1.82) is 0 Å². The van der Waals surface area contributed by atoms with Crippen LogP contribution in [0, 0.1) is 5.82 Å². The van der Waals surface area contributed by atoms with E-state index in [1.165, 1.54) is 23.1 Å². The Morgan fingerprint density at radius 1 is 1.30 bits per heavy atom. The highest BCUT2D eigenvalue weighted by Crippen LogP contribution is 2.17. The molecule has 1 aromatic carbocycles. The molecule has 3 rings (SSSR count). The van der Waals surface area contributed by atoms with E-state index in [0.29, 0.717) is 24.1 Å². The fraction of sp³-hybridized carbons (Fsp3) is 0.308. The van der Waals surface area contributed by atoms with Crippen LogP contribution < -0.4 is 11.4 Å². The molecule has 0 bridgehead atoms. The van der Waals surface area contributed by atoms with Crippen molar-refractivity contribution < 1.29 is 14.0 Å². The number of benzene rings is 1. The molecule has 9 nitrogen and oxygen atoms in total. The Morgan fingerprint density at radius 2 is 2.09 bits per heavy atom. The van der Waals surface area contributed by atoms with Crippen LogP contribution in [0.4, 0.5) is 9.18 Å². The van der Waals surface area contributed by atoms with Crippen LogP contribution >= 0.6 is 0 Å². The van der Waals surface area contributed by atoms with Crippen LogP contribution in [0.2, 0.25) is 0 Å². The Bertz CT molecular complexity index is 829. The van der Waals surface area contributed by atoms with E-state index in [4.69, 9.17) is 5.73 Å². The van der Waals surface area contributed by atoms with Crippen LogP contribution in [0.5, 0.6) is 0 Å². The van der Waals surface area contributed by atoms with Crippen molar-refractivity contribution in [1.82, 2.24) is 24.7 Å². The predicted molar refractivity (Wildman–Crippen MR) is 75.3 cm³/mol. The molecule has 1 aromatic heterocycles. The van der Waals surface area contributed by atoms with Crippen molar-refractivity contribution in [2.75, 3.05) is 6.54 Å². The van der Waals surface area contributed by atoms with Gasteiger partial charge in [0.25, 0.3) is 0 Å². The first-order chi connectivity index (χ1) is 11.0. The van der Waals surface area contributed by atoms with E-state index in [0.717, 1.165) is 10.7 Å². The highest BCUT2D eigenvalue weighted by atomic mass is 19.1. The molecule has 1 saturated heterocycles. The first-order valence-corrected chi connectivity index (χ1v) is 6.90. The maximum Gasteiger partial charge on any atom is 0.377 e. The van der Waals surface area contributed by atoms with E-state index in [1.807, 2.05) is 0 Å². The van der Waals surface area contributed by atoms with Crippen LogP contribution in [0.1, 0.15) is 12.8 Å². The summed E-state index contributed by atoms with van der Waals surface area (Å²) in [6.45, 7) is 0.297. The zero-order chi connectivity index (χ0) is 16.6. The fourth-order valence-corrected chi connectivity index (χ4v) is 2.55. The summed E-state index contributed by atoms with van der Waals surface area (Å²) in [6, 6.07) is 3.61. The van der Waals surface area contributed by atoms with E-state index < -0.39 is 29.5 Å². The Labute approximate surface area is 129 Å². The third-order valence-electron chi connectivity index (χ3n) is 3.64. The smallest absolute Gasteiger partial charge is 0.368 e. The molecular weight excluding hydrogens is 307 g/mol. The number of carbonyl (C=O) groups excluding carboxylic acids is 2. The lowest BCUT2D eigenvalue weighted by atomic mass is 10.2. The van der Waals surface area contributed by atoms with E-state index in [1.54, 1.807) is 0 Å². The minimum atomic E-state index is -0.851. The average Bonchev–Trinajstić information content (AvgIpc) is 3.13. The monoisotopic (exact) mass is 320 g/mol. The molecule has 2 aromatic rings. The third-order valence-corrected chi connectivity index (χ3v) is 3.64. The van der Waals surface area contributed by atoms with Gasteiger partial charge in [0.1, 0.15) is 11.9 Å².